The second-order valence-electron chi connectivity index (χ2n) is 3.93. The van der Waals surface area contributed by atoms with Gasteiger partial charge >= 0.3 is 18.0 Å². The summed E-state index contributed by atoms with van der Waals surface area (Å²) >= 11 is 0. The van der Waals surface area contributed by atoms with Crippen molar-refractivity contribution in [2.24, 2.45) is 0 Å². The van der Waals surface area contributed by atoms with Crippen molar-refractivity contribution in [1.82, 2.24) is 4.90 Å². The van der Waals surface area contributed by atoms with E-state index < -0.39 is 36.4 Å². The molecular weight excluding hydrogens is 258 g/mol. The van der Waals surface area contributed by atoms with Crippen molar-refractivity contribution in [3.8, 4) is 0 Å². The summed E-state index contributed by atoms with van der Waals surface area (Å²) < 4.78 is 19.4. The summed E-state index contributed by atoms with van der Waals surface area (Å²) in [6.07, 6.45) is -2.29. The standard InChI is InChI=1S/C11H17NO7/c1-6(13)19-8-5-7(10(14)17-3)12(9(8)16-2)11(15)18-4/h7-9H,5H2,1-4H3/t7-,8+,9-/m0/s1. The Balaban J connectivity index is 3.00. The van der Waals surface area contributed by atoms with Crippen molar-refractivity contribution in [3.05, 3.63) is 0 Å². The lowest BCUT2D eigenvalue weighted by atomic mass is 10.2. The SMILES string of the molecule is COC(=O)[C@@H]1C[C@@H](OC(C)=O)[C@H](OC)N1C(=O)OC. The van der Waals surface area contributed by atoms with E-state index in [1.807, 2.05) is 0 Å². The molecule has 0 aromatic rings. The van der Waals surface area contributed by atoms with Gasteiger partial charge in [-0.1, -0.05) is 0 Å². The third-order valence-electron chi connectivity index (χ3n) is 2.80. The number of nitrogens with zero attached hydrogens (tertiary/aromatic N) is 1. The zero-order valence-corrected chi connectivity index (χ0v) is 11.2. The van der Waals surface area contributed by atoms with Gasteiger partial charge in [-0.25, -0.2) is 9.59 Å². The molecule has 8 heteroatoms. The molecule has 0 radical (unpaired) electrons. The first-order chi connectivity index (χ1) is 8.96. The Hall–Kier alpha value is -1.83. The summed E-state index contributed by atoms with van der Waals surface area (Å²) in [6, 6.07) is -0.910. The van der Waals surface area contributed by atoms with Crippen LogP contribution in [0, 0.1) is 0 Å². The number of carbonyl (C=O) groups is 3. The average molecular weight is 275 g/mol. The van der Waals surface area contributed by atoms with Crippen molar-refractivity contribution >= 4 is 18.0 Å². The average Bonchev–Trinajstić information content (AvgIpc) is 2.74. The molecule has 0 saturated carbocycles. The van der Waals surface area contributed by atoms with Crippen LogP contribution in [0.25, 0.3) is 0 Å². The van der Waals surface area contributed by atoms with Crippen molar-refractivity contribution in [2.75, 3.05) is 21.3 Å². The van der Waals surface area contributed by atoms with E-state index >= 15 is 0 Å². The number of amides is 1. The van der Waals surface area contributed by atoms with E-state index in [0.29, 0.717) is 0 Å². The molecule has 1 saturated heterocycles. The number of hydrogen-bond acceptors (Lipinski definition) is 7. The third-order valence-corrected chi connectivity index (χ3v) is 2.80. The van der Waals surface area contributed by atoms with Crippen LogP contribution in [0.2, 0.25) is 0 Å². The second-order valence-corrected chi connectivity index (χ2v) is 3.93. The van der Waals surface area contributed by atoms with E-state index in [2.05, 4.69) is 9.47 Å². The summed E-state index contributed by atoms with van der Waals surface area (Å²) in [7, 11) is 3.73. The highest BCUT2D eigenvalue weighted by Crippen LogP contribution is 2.29. The quantitative estimate of drug-likeness (QED) is 0.524. The van der Waals surface area contributed by atoms with Crippen LogP contribution in [-0.2, 0) is 28.5 Å². The highest BCUT2D eigenvalue weighted by atomic mass is 16.6. The largest absolute Gasteiger partial charge is 0.467 e. The summed E-state index contributed by atoms with van der Waals surface area (Å²) in [5.74, 6) is -1.15. The Labute approximate surface area is 110 Å². The minimum Gasteiger partial charge on any atom is -0.467 e. The van der Waals surface area contributed by atoms with Gasteiger partial charge in [0.05, 0.1) is 14.2 Å². The molecule has 3 atom stereocenters. The monoisotopic (exact) mass is 275 g/mol. The second kappa shape index (κ2) is 6.37. The molecule has 1 aliphatic heterocycles. The molecule has 0 unspecified atom stereocenters. The van der Waals surface area contributed by atoms with E-state index in [1.165, 1.54) is 28.3 Å². The number of methoxy groups -OCH3 is 3. The summed E-state index contributed by atoms with van der Waals surface area (Å²) in [5, 5.41) is 0. The van der Waals surface area contributed by atoms with Crippen LogP contribution in [0.4, 0.5) is 4.79 Å². The van der Waals surface area contributed by atoms with E-state index in [4.69, 9.17) is 9.47 Å². The highest BCUT2D eigenvalue weighted by molar-refractivity contribution is 5.82. The van der Waals surface area contributed by atoms with Crippen LogP contribution in [0.5, 0.6) is 0 Å². The minimum absolute atomic E-state index is 0.0971. The van der Waals surface area contributed by atoms with Crippen LogP contribution in [-0.4, -0.2) is 62.6 Å². The van der Waals surface area contributed by atoms with Gasteiger partial charge in [-0.05, 0) is 0 Å². The van der Waals surface area contributed by atoms with Gasteiger partial charge in [-0.3, -0.25) is 9.69 Å². The van der Waals surface area contributed by atoms with Crippen LogP contribution >= 0.6 is 0 Å². The molecule has 1 heterocycles. The number of esters is 2. The van der Waals surface area contributed by atoms with Crippen LogP contribution in [0.1, 0.15) is 13.3 Å². The molecule has 0 N–H and O–H groups in total. The van der Waals surface area contributed by atoms with Gasteiger partial charge < -0.3 is 18.9 Å². The van der Waals surface area contributed by atoms with Gasteiger partial charge in [0.1, 0.15) is 12.1 Å². The molecule has 1 amide bonds. The fourth-order valence-electron chi connectivity index (χ4n) is 2.07. The first-order valence-corrected chi connectivity index (χ1v) is 5.60. The van der Waals surface area contributed by atoms with Gasteiger partial charge in [0.15, 0.2) is 6.23 Å². The van der Waals surface area contributed by atoms with Crippen LogP contribution < -0.4 is 0 Å². The van der Waals surface area contributed by atoms with E-state index in [1.54, 1.807) is 0 Å². The van der Waals surface area contributed by atoms with E-state index in [9.17, 15) is 14.4 Å². The normalized spacial score (nSPS) is 25.9. The number of ether oxygens (including phenoxy) is 4. The molecule has 1 aliphatic rings. The molecule has 8 nitrogen and oxygen atoms in total. The Morgan fingerprint density at radius 2 is 1.74 bits per heavy atom. The zero-order chi connectivity index (χ0) is 14.6. The van der Waals surface area contributed by atoms with Crippen molar-refractivity contribution in [2.45, 2.75) is 31.7 Å². The fourth-order valence-corrected chi connectivity index (χ4v) is 2.07. The van der Waals surface area contributed by atoms with Crippen LogP contribution in [0.3, 0.4) is 0 Å². The number of rotatable bonds is 3. The van der Waals surface area contributed by atoms with Gasteiger partial charge in [-0.15, -0.1) is 0 Å². The molecule has 19 heavy (non-hydrogen) atoms. The van der Waals surface area contributed by atoms with Crippen LogP contribution in [0.15, 0.2) is 0 Å². The summed E-state index contributed by atoms with van der Waals surface area (Å²) in [4.78, 5) is 35.5. The molecule has 0 aromatic carbocycles. The number of likely N-dealkylation sites (tertiary alicyclic amines) is 1. The van der Waals surface area contributed by atoms with E-state index in [-0.39, 0.29) is 6.42 Å². The summed E-state index contributed by atoms with van der Waals surface area (Å²) in [5.41, 5.74) is 0. The topological polar surface area (TPSA) is 91.4 Å². The molecule has 1 fully saturated rings. The highest BCUT2D eigenvalue weighted by Gasteiger charge is 2.50. The molecule has 0 aliphatic carbocycles. The number of hydrogen-bond donors (Lipinski definition) is 0. The predicted molar refractivity (Wildman–Crippen MR) is 61.0 cm³/mol. The Morgan fingerprint density at radius 3 is 2.16 bits per heavy atom. The van der Waals surface area contributed by atoms with Gasteiger partial charge in [-0.2, -0.15) is 0 Å². The smallest absolute Gasteiger partial charge is 0.412 e. The van der Waals surface area contributed by atoms with Gasteiger partial charge in [0.25, 0.3) is 0 Å². The number of carbonyl (C=O) groups excluding carboxylic acids is 3. The molecular formula is C11H17NO7. The van der Waals surface area contributed by atoms with Crippen molar-refractivity contribution < 1.29 is 33.3 Å². The van der Waals surface area contributed by atoms with E-state index in [0.717, 1.165) is 4.90 Å². The first kappa shape index (κ1) is 15.2. The third kappa shape index (κ3) is 3.14. The molecule has 108 valence electrons. The van der Waals surface area contributed by atoms with Crippen molar-refractivity contribution in [1.29, 1.82) is 0 Å². The Morgan fingerprint density at radius 1 is 1.11 bits per heavy atom. The maximum absolute atomic E-state index is 11.7. The van der Waals surface area contributed by atoms with Gasteiger partial charge in [0.2, 0.25) is 0 Å². The molecule has 0 spiro atoms. The maximum atomic E-state index is 11.7. The van der Waals surface area contributed by atoms with Gasteiger partial charge in [0, 0.05) is 20.5 Å². The lowest BCUT2D eigenvalue weighted by molar-refractivity contribution is -0.156. The summed E-state index contributed by atoms with van der Waals surface area (Å²) in [6.45, 7) is 1.24. The van der Waals surface area contributed by atoms with Crippen molar-refractivity contribution in [3.63, 3.8) is 0 Å². The first-order valence-electron chi connectivity index (χ1n) is 5.60. The fraction of sp³-hybridized carbons (Fsp3) is 0.727. The lowest BCUT2D eigenvalue weighted by Crippen LogP contribution is -2.47. The Kier molecular flexibility index (Phi) is 5.11. The molecule has 0 bridgehead atoms. The lowest BCUT2D eigenvalue weighted by Gasteiger charge is -2.27. The molecule has 1 rings (SSSR count). The zero-order valence-electron chi connectivity index (χ0n) is 11.2. The molecule has 0 aromatic heterocycles. The minimum atomic E-state index is -0.910. The predicted octanol–water partition coefficient (Wildman–Crippen LogP) is -0.0957. The maximum Gasteiger partial charge on any atom is 0.412 e. The Bertz CT molecular complexity index is 370.